The molecule has 2 aromatic carbocycles. The number of phenolic OH excluding ortho intramolecular Hbond substituents is 1. The third-order valence-corrected chi connectivity index (χ3v) is 4.66. The highest BCUT2D eigenvalue weighted by molar-refractivity contribution is 5.45. The predicted molar refractivity (Wildman–Crippen MR) is 99.8 cm³/mol. The number of para-hydroxylation sites is 1. The summed E-state index contributed by atoms with van der Waals surface area (Å²) < 4.78 is 0. The molecule has 1 aliphatic heterocycles. The van der Waals surface area contributed by atoms with E-state index >= 15 is 0 Å². The number of piperidine rings is 1. The predicted octanol–water partition coefficient (Wildman–Crippen LogP) is 4.56. The van der Waals surface area contributed by atoms with Crippen molar-refractivity contribution >= 4 is 5.69 Å². The molecule has 130 valence electrons. The van der Waals surface area contributed by atoms with Crippen molar-refractivity contribution in [2.45, 2.75) is 18.8 Å². The Morgan fingerprint density at radius 1 is 1.12 bits per heavy atom. The van der Waals surface area contributed by atoms with E-state index in [0.29, 0.717) is 18.2 Å². The van der Waals surface area contributed by atoms with Gasteiger partial charge < -0.3 is 10.4 Å². The minimum atomic E-state index is 0.318. The standard InChI is InChI=1S/C20H24N4O/c21-23-19(14-22-18-4-2-1-3-5-18)15-24-12-10-17(11-13-24)16-6-8-20(25)9-7-16/h1-9,14,17,21-22,25H,10-13,15H2/b19-14-,23-21?. The van der Waals surface area contributed by atoms with E-state index in [1.165, 1.54) is 5.56 Å². The van der Waals surface area contributed by atoms with Crippen LogP contribution in [-0.2, 0) is 0 Å². The molecule has 0 atom stereocenters. The first-order valence-electron chi connectivity index (χ1n) is 8.64. The fourth-order valence-electron chi connectivity index (χ4n) is 3.21. The van der Waals surface area contributed by atoms with Crippen LogP contribution < -0.4 is 5.32 Å². The molecular formula is C20H24N4O. The van der Waals surface area contributed by atoms with E-state index in [9.17, 15) is 5.11 Å². The molecule has 0 bridgehead atoms. The molecule has 25 heavy (non-hydrogen) atoms. The highest BCUT2D eigenvalue weighted by atomic mass is 16.3. The van der Waals surface area contributed by atoms with Gasteiger partial charge in [0.2, 0.25) is 0 Å². The third-order valence-electron chi connectivity index (χ3n) is 4.66. The van der Waals surface area contributed by atoms with E-state index in [2.05, 4.69) is 15.3 Å². The molecular weight excluding hydrogens is 312 g/mol. The van der Waals surface area contributed by atoms with Crippen LogP contribution in [0.25, 0.3) is 0 Å². The number of likely N-dealkylation sites (tertiary alicyclic amines) is 1. The molecule has 5 nitrogen and oxygen atoms in total. The van der Waals surface area contributed by atoms with Crippen LogP contribution in [0.1, 0.15) is 24.3 Å². The second kappa shape index (κ2) is 8.44. The van der Waals surface area contributed by atoms with Gasteiger partial charge in [0.25, 0.3) is 0 Å². The van der Waals surface area contributed by atoms with Crippen LogP contribution >= 0.6 is 0 Å². The van der Waals surface area contributed by atoms with Crippen LogP contribution in [0.4, 0.5) is 5.69 Å². The molecule has 0 radical (unpaired) electrons. The van der Waals surface area contributed by atoms with Crippen molar-refractivity contribution in [3.05, 3.63) is 72.1 Å². The number of hydrogen-bond acceptors (Lipinski definition) is 5. The van der Waals surface area contributed by atoms with E-state index in [-0.39, 0.29) is 0 Å². The van der Waals surface area contributed by atoms with E-state index in [4.69, 9.17) is 5.53 Å². The normalized spacial score (nSPS) is 16.6. The second-order valence-corrected chi connectivity index (χ2v) is 6.40. The molecule has 2 aromatic rings. The van der Waals surface area contributed by atoms with Crippen LogP contribution in [0.5, 0.6) is 5.75 Å². The lowest BCUT2D eigenvalue weighted by molar-refractivity contribution is 0.227. The van der Waals surface area contributed by atoms with Crippen molar-refractivity contribution in [2.24, 2.45) is 5.11 Å². The summed E-state index contributed by atoms with van der Waals surface area (Å²) in [5, 5.41) is 16.3. The van der Waals surface area contributed by atoms with E-state index in [0.717, 1.165) is 37.3 Å². The fraction of sp³-hybridized carbons (Fsp3) is 0.300. The molecule has 3 rings (SSSR count). The number of anilines is 1. The zero-order chi connectivity index (χ0) is 17.5. The van der Waals surface area contributed by atoms with Crippen LogP contribution in [0.2, 0.25) is 0 Å². The van der Waals surface area contributed by atoms with Crippen molar-refractivity contribution in [2.75, 3.05) is 25.0 Å². The molecule has 1 fully saturated rings. The Balaban J connectivity index is 1.51. The fourth-order valence-corrected chi connectivity index (χ4v) is 3.21. The second-order valence-electron chi connectivity index (χ2n) is 6.40. The first-order chi connectivity index (χ1) is 12.2. The Morgan fingerprint density at radius 2 is 1.80 bits per heavy atom. The van der Waals surface area contributed by atoms with Gasteiger partial charge in [-0.05, 0) is 61.7 Å². The maximum atomic E-state index is 9.41. The summed E-state index contributed by atoms with van der Waals surface area (Å²) in [6.07, 6.45) is 3.98. The summed E-state index contributed by atoms with van der Waals surface area (Å²) in [5.41, 5.74) is 10.4. The monoisotopic (exact) mass is 336 g/mol. The average Bonchev–Trinajstić information content (AvgIpc) is 2.67. The molecule has 0 saturated carbocycles. The van der Waals surface area contributed by atoms with Crippen LogP contribution in [0.15, 0.2) is 71.6 Å². The number of benzene rings is 2. The molecule has 0 amide bonds. The zero-order valence-electron chi connectivity index (χ0n) is 14.2. The van der Waals surface area contributed by atoms with Crippen LogP contribution in [0.3, 0.4) is 0 Å². The molecule has 5 heteroatoms. The molecule has 1 heterocycles. The maximum Gasteiger partial charge on any atom is 0.115 e. The molecule has 0 unspecified atom stereocenters. The molecule has 3 N–H and O–H groups in total. The van der Waals surface area contributed by atoms with Crippen LogP contribution in [0, 0.1) is 5.53 Å². The summed E-state index contributed by atoms with van der Waals surface area (Å²) >= 11 is 0. The number of rotatable bonds is 6. The number of nitrogens with zero attached hydrogens (tertiary/aromatic N) is 2. The number of aromatic hydroxyl groups is 1. The van der Waals surface area contributed by atoms with Gasteiger partial charge in [-0.15, -0.1) is 0 Å². The summed E-state index contributed by atoms with van der Waals surface area (Å²) in [7, 11) is 0. The minimum absolute atomic E-state index is 0.318. The quantitative estimate of drug-likeness (QED) is 0.677. The van der Waals surface area contributed by atoms with Crippen molar-refractivity contribution in [3.8, 4) is 5.75 Å². The third kappa shape index (κ3) is 4.90. The highest BCUT2D eigenvalue weighted by Gasteiger charge is 2.21. The number of phenols is 1. The van der Waals surface area contributed by atoms with Crippen LogP contribution in [-0.4, -0.2) is 29.6 Å². The Labute approximate surface area is 148 Å². The van der Waals surface area contributed by atoms with Crippen molar-refractivity contribution in [1.29, 1.82) is 5.53 Å². The van der Waals surface area contributed by atoms with Gasteiger partial charge in [-0.1, -0.05) is 30.3 Å². The Kier molecular flexibility index (Phi) is 5.80. The number of hydrogen-bond donors (Lipinski definition) is 3. The van der Waals surface area contributed by atoms with E-state index in [1.807, 2.05) is 48.7 Å². The maximum absolute atomic E-state index is 9.41. The lowest BCUT2D eigenvalue weighted by Crippen LogP contribution is -2.34. The van der Waals surface area contributed by atoms with Gasteiger partial charge in [0.1, 0.15) is 5.75 Å². The zero-order valence-corrected chi connectivity index (χ0v) is 14.2. The average molecular weight is 336 g/mol. The van der Waals surface area contributed by atoms with Gasteiger partial charge in [0, 0.05) is 18.4 Å². The largest absolute Gasteiger partial charge is 0.508 e. The first kappa shape index (κ1) is 17.2. The SMILES string of the molecule is N=N/C(=C\Nc1ccccc1)CN1CCC(c2ccc(O)cc2)CC1. The summed E-state index contributed by atoms with van der Waals surface area (Å²) in [5.74, 6) is 0.860. The molecule has 1 aliphatic rings. The van der Waals surface area contributed by atoms with Gasteiger partial charge in [0.05, 0.1) is 5.70 Å². The van der Waals surface area contributed by atoms with Gasteiger partial charge in [-0.25, -0.2) is 5.53 Å². The molecule has 0 spiro atoms. The van der Waals surface area contributed by atoms with E-state index in [1.54, 1.807) is 12.1 Å². The summed E-state index contributed by atoms with van der Waals surface area (Å²) in [6.45, 7) is 2.67. The van der Waals surface area contributed by atoms with Gasteiger partial charge in [-0.3, -0.25) is 4.90 Å². The van der Waals surface area contributed by atoms with Crippen molar-refractivity contribution in [3.63, 3.8) is 0 Å². The highest BCUT2D eigenvalue weighted by Crippen LogP contribution is 2.29. The van der Waals surface area contributed by atoms with Crippen molar-refractivity contribution in [1.82, 2.24) is 4.90 Å². The smallest absolute Gasteiger partial charge is 0.115 e. The first-order valence-corrected chi connectivity index (χ1v) is 8.64. The minimum Gasteiger partial charge on any atom is -0.508 e. The van der Waals surface area contributed by atoms with Gasteiger partial charge in [0.15, 0.2) is 0 Å². The molecule has 0 aromatic heterocycles. The van der Waals surface area contributed by atoms with E-state index < -0.39 is 0 Å². The lowest BCUT2D eigenvalue weighted by atomic mass is 9.89. The summed E-state index contributed by atoms with van der Waals surface area (Å²) in [6, 6.07) is 17.5. The van der Waals surface area contributed by atoms with Crippen molar-refractivity contribution < 1.29 is 5.11 Å². The lowest BCUT2D eigenvalue weighted by Gasteiger charge is -2.32. The van der Waals surface area contributed by atoms with Gasteiger partial charge in [-0.2, -0.15) is 5.11 Å². The Morgan fingerprint density at radius 3 is 2.44 bits per heavy atom. The summed E-state index contributed by atoms with van der Waals surface area (Å²) in [4.78, 5) is 2.34. The topological polar surface area (TPSA) is 71.7 Å². The Bertz CT molecular complexity index is 704. The number of nitrogens with one attached hydrogen (secondary N) is 2. The molecule has 1 saturated heterocycles. The van der Waals surface area contributed by atoms with Gasteiger partial charge >= 0.3 is 0 Å². The molecule has 0 aliphatic carbocycles. The Hall–Kier alpha value is -2.66.